The van der Waals surface area contributed by atoms with Crippen molar-refractivity contribution in [2.75, 3.05) is 13.2 Å². The molecule has 0 saturated carbocycles. The molecule has 51 heavy (non-hydrogen) atoms. The molecule has 2 aliphatic rings. The van der Waals surface area contributed by atoms with Gasteiger partial charge in [0.15, 0.2) is 6.29 Å². The van der Waals surface area contributed by atoms with Gasteiger partial charge in [0, 0.05) is 6.42 Å². The number of hydrogen-bond acceptors (Lipinski definition) is 4. The number of hydrogen-bond donors (Lipinski definition) is 1. The van der Waals surface area contributed by atoms with E-state index in [1.165, 1.54) is 34.0 Å². The fourth-order valence-electron chi connectivity index (χ4n) is 6.24. The standard InChI is InChI=1S/C19H29IO2.C14H21IO.C5H8O.H7P5.H4P2/c1-18(2,3)13-19(4,5)14-9-10-16(15(20)12-14)22-17-8-6-7-11-21-17;1-13(2,3)9-14(4,5)10-6-7-12(16)11(15)8-10;1-2-4-6-5-3-1;1-4-5(2)3;1-2/h9-10,12,17H,6-8,11,13H2,1-5H3;6-8,16H,9H2,1-5H3;2,4H,1,3,5H2;4H,1-3H2;1-2H2. The summed E-state index contributed by atoms with van der Waals surface area (Å²) in [4.78, 5) is 0. The minimum atomic E-state index is -0.0734. The van der Waals surface area contributed by atoms with Crippen LogP contribution in [0.4, 0.5) is 0 Å². The van der Waals surface area contributed by atoms with E-state index in [0.717, 1.165) is 56.2 Å². The molecule has 0 bridgehead atoms. The summed E-state index contributed by atoms with van der Waals surface area (Å²) in [6.07, 6.45) is 11.7. The van der Waals surface area contributed by atoms with Crippen LogP contribution in [0, 0.1) is 18.0 Å². The minimum absolute atomic E-state index is 0.0734. The topological polar surface area (TPSA) is 47.9 Å². The third-order valence-electron chi connectivity index (χ3n) is 7.76. The van der Waals surface area contributed by atoms with E-state index in [1.54, 1.807) is 12.3 Å². The Hall–Kier alpha value is 2.01. The number of benzene rings is 2. The second kappa shape index (κ2) is 26.8. The van der Waals surface area contributed by atoms with E-state index in [9.17, 15) is 5.11 Å². The molecule has 7 atom stereocenters. The quantitative estimate of drug-likeness (QED) is 0.222. The average Bonchev–Trinajstić information content (AvgIpc) is 3.04. The van der Waals surface area contributed by atoms with E-state index in [4.69, 9.17) is 14.2 Å². The van der Waals surface area contributed by atoms with Crippen molar-refractivity contribution < 1.29 is 19.3 Å². The lowest BCUT2D eigenvalue weighted by molar-refractivity contribution is -0.106. The van der Waals surface area contributed by atoms with E-state index in [1.807, 2.05) is 12.1 Å². The fraction of sp³-hybridized carbons (Fsp3) is 0.632. The van der Waals surface area contributed by atoms with E-state index in [2.05, 4.69) is 183 Å². The predicted octanol–water partition coefficient (Wildman–Crippen LogP) is 15.0. The molecule has 7 unspecified atom stereocenters. The molecule has 2 aromatic rings. The Labute approximate surface area is 354 Å². The van der Waals surface area contributed by atoms with Crippen molar-refractivity contribution >= 4 is 105 Å². The molecule has 0 amide bonds. The smallest absolute Gasteiger partial charge is 0.199 e. The second-order valence-electron chi connectivity index (χ2n) is 16.4. The minimum Gasteiger partial charge on any atom is -0.507 e. The molecule has 2 aliphatic heterocycles. The van der Waals surface area contributed by atoms with Crippen LogP contribution in [0.5, 0.6) is 11.5 Å². The van der Waals surface area contributed by atoms with Crippen molar-refractivity contribution in [1.29, 1.82) is 0 Å². The van der Waals surface area contributed by atoms with Gasteiger partial charge in [0.25, 0.3) is 0 Å². The highest BCUT2D eigenvalue weighted by atomic mass is 127. The van der Waals surface area contributed by atoms with Crippen molar-refractivity contribution in [1.82, 2.24) is 0 Å². The first kappa shape index (κ1) is 53.0. The largest absolute Gasteiger partial charge is 0.507 e. The van der Waals surface area contributed by atoms with Gasteiger partial charge in [-0.1, -0.05) is 89.3 Å². The predicted molar refractivity (Wildman–Crippen MR) is 267 cm³/mol. The van der Waals surface area contributed by atoms with Gasteiger partial charge in [-0.15, -0.1) is 44.6 Å². The fourth-order valence-corrected chi connectivity index (χ4v) is 7.39. The molecule has 1 fully saturated rings. The van der Waals surface area contributed by atoms with Crippen LogP contribution in [0.1, 0.15) is 125 Å². The highest BCUT2D eigenvalue weighted by Gasteiger charge is 2.29. The first-order valence-corrected chi connectivity index (χ1v) is 30.5. The van der Waals surface area contributed by atoms with Crippen LogP contribution in [-0.4, -0.2) is 24.6 Å². The lowest BCUT2D eigenvalue weighted by Gasteiger charge is -2.33. The summed E-state index contributed by atoms with van der Waals surface area (Å²) >= 11 is 4.56. The third kappa shape index (κ3) is 25.1. The Kier molecular flexibility index (Phi) is 27.9. The molecule has 1 saturated heterocycles. The van der Waals surface area contributed by atoms with Gasteiger partial charge in [0.1, 0.15) is 11.5 Å². The summed E-state index contributed by atoms with van der Waals surface area (Å²) in [5.74, 6) is 1.32. The van der Waals surface area contributed by atoms with Gasteiger partial charge in [-0.3, -0.25) is 0 Å². The molecule has 4 rings (SSSR count). The number of rotatable bonds is 7. The molecule has 13 heteroatoms. The number of allylic oxidation sites excluding steroid dienone is 1. The van der Waals surface area contributed by atoms with Crippen molar-refractivity contribution in [3.05, 3.63) is 67.0 Å². The maximum absolute atomic E-state index is 9.53. The molecule has 2 heterocycles. The third-order valence-corrected chi connectivity index (χ3v) is 21.4. The number of halogens is 2. The van der Waals surface area contributed by atoms with Gasteiger partial charge in [0.05, 0.1) is 26.6 Å². The average molecular weight is 1060 g/mol. The van der Waals surface area contributed by atoms with Crippen molar-refractivity contribution in [2.45, 2.75) is 131 Å². The number of aromatic hydroxyl groups is 1. The van der Waals surface area contributed by atoms with Gasteiger partial charge in [-0.25, -0.2) is 0 Å². The highest BCUT2D eigenvalue weighted by Crippen LogP contribution is 2.71. The van der Waals surface area contributed by atoms with E-state index in [0.29, 0.717) is 16.6 Å². The first-order valence-electron chi connectivity index (χ1n) is 17.5. The maximum Gasteiger partial charge on any atom is 0.199 e. The van der Waals surface area contributed by atoms with E-state index < -0.39 is 0 Å². The highest BCUT2D eigenvalue weighted by molar-refractivity contribution is 14.1. The van der Waals surface area contributed by atoms with Crippen LogP contribution in [-0.2, 0) is 20.3 Å². The molecule has 1 N–H and O–H groups in total. The normalized spacial score (nSPS) is 16.3. The molecule has 0 aliphatic carbocycles. The van der Waals surface area contributed by atoms with Gasteiger partial charge < -0.3 is 19.3 Å². The maximum atomic E-state index is 9.53. The lowest BCUT2D eigenvalue weighted by Crippen LogP contribution is -2.26. The summed E-state index contributed by atoms with van der Waals surface area (Å²) in [7, 11) is 13.9. The van der Waals surface area contributed by atoms with E-state index in [-0.39, 0.29) is 24.1 Å². The van der Waals surface area contributed by atoms with E-state index >= 15 is 0 Å². The summed E-state index contributed by atoms with van der Waals surface area (Å²) in [6.45, 7) is 24.8. The zero-order chi connectivity index (χ0) is 39.5. The summed E-state index contributed by atoms with van der Waals surface area (Å²) in [5.41, 5.74) is 3.62. The van der Waals surface area contributed by atoms with Crippen molar-refractivity contribution in [3.63, 3.8) is 0 Å². The molecule has 2 aromatic carbocycles. The summed E-state index contributed by atoms with van der Waals surface area (Å²) in [6, 6.07) is 12.5. The van der Waals surface area contributed by atoms with Crippen molar-refractivity contribution in [3.8, 4) is 11.5 Å². The Morgan fingerprint density at radius 2 is 1.31 bits per heavy atom. The van der Waals surface area contributed by atoms with Gasteiger partial charge in [-0.2, -0.15) is 0 Å². The van der Waals surface area contributed by atoms with Crippen LogP contribution in [0.2, 0.25) is 0 Å². The molecular weight excluding hydrogens is 991 g/mol. The Balaban J connectivity index is 0.000000745. The molecule has 0 spiro atoms. The summed E-state index contributed by atoms with van der Waals surface area (Å²) < 4.78 is 18.7. The van der Waals surface area contributed by atoms with Crippen LogP contribution in [0.25, 0.3) is 0 Å². The number of ether oxygens (including phenoxy) is 3. The molecule has 294 valence electrons. The SMILES string of the molecule is C1=COCCC1.CC(C)(C)CC(C)(C)c1ccc(O)c(I)c1.CC(C)(C)CC(C)(C)c1ccc(OC2CCCCO2)c(I)c1.PP.PPP(P)P. The Morgan fingerprint density at radius 3 is 1.65 bits per heavy atom. The molecule has 0 aromatic heterocycles. The monoisotopic (exact) mass is 1060 g/mol. The molecule has 4 nitrogen and oxygen atoms in total. The summed E-state index contributed by atoms with van der Waals surface area (Å²) in [5, 5.41) is 9.53. The lowest BCUT2D eigenvalue weighted by atomic mass is 9.72. The molecule has 0 radical (unpaired) electrons. The number of phenols is 1. The van der Waals surface area contributed by atoms with Gasteiger partial charge in [-0.05, 0) is 154 Å². The van der Waals surface area contributed by atoms with Gasteiger partial charge >= 0.3 is 0 Å². The van der Waals surface area contributed by atoms with Crippen LogP contribution in [0.3, 0.4) is 0 Å². The second-order valence-corrected chi connectivity index (χ2v) is 32.7. The molecular formula is C38H69I2O4P7. The Morgan fingerprint density at radius 1 is 0.804 bits per heavy atom. The first-order chi connectivity index (χ1) is 23.6. The zero-order valence-corrected chi connectivity index (χ0v) is 44.8. The number of phenolic OH excluding ortho intramolecular Hbond substituents is 1. The Bertz CT molecular complexity index is 1270. The zero-order valence-electron chi connectivity index (χ0n) is 32.8. The van der Waals surface area contributed by atoms with Crippen LogP contribution >= 0.6 is 105 Å². The van der Waals surface area contributed by atoms with Crippen molar-refractivity contribution in [2.24, 2.45) is 10.8 Å². The van der Waals surface area contributed by atoms with Crippen LogP contribution < -0.4 is 4.74 Å². The van der Waals surface area contributed by atoms with Crippen LogP contribution in [0.15, 0.2) is 48.7 Å². The van der Waals surface area contributed by atoms with Gasteiger partial charge in [0.2, 0.25) is 0 Å².